The van der Waals surface area contributed by atoms with Gasteiger partial charge in [0.25, 0.3) is 0 Å². The van der Waals surface area contributed by atoms with Crippen LogP contribution in [-0.4, -0.2) is 38.1 Å². The molecule has 0 saturated carbocycles. The van der Waals surface area contributed by atoms with Crippen LogP contribution in [0.3, 0.4) is 0 Å². The van der Waals surface area contributed by atoms with Crippen LogP contribution >= 0.6 is 27.3 Å². The highest BCUT2D eigenvalue weighted by molar-refractivity contribution is 9.10. The molecule has 1 aromatic rings. The molecule has 116 valence electrons. The lowest BCUT2D eigenvalue weighted by molar-refractivity contribution is -0.167. The van der Waals surface area contributed by atoms with Gasteiger partial charge in [0.05, 0.1) is 6.61 Å². The monoisotopic (exact) mass is 377 g/mol. The first-order chi connectivity index (χ1) is 9.35. The highest BCUT2D eigenvalue weighted by Gasteiger charge is 2.41. The number of rotatable bonds is 9. The zero-order valence-electron chi connectivity index (χ0n) is 10.8. The van der Waals surface area contributed by atoms with Crippen LogP contribution in [0, 0.1) is 0 Å². The van der Waals surface area contributed by atoms with E-state index < -0.39 is 19.0 Å². The predicted octanol–water partition coefficient (Wildman–Crippen LogP) is 3.95. The Morgan fingerprint density at radius 3 is 2.65 bits per heavy atom. The van der Waals surface area contributed by atoms with E-state index >= 15 is 0 Å². The molecule has 0 fully saturated rings. The summed E-state index contributed by atoms with van der Waals surface area (Å²) in [5.74, 6) is -4.09. The largest absolute Gasteiger partial charge is 0.373 e. The van der Waals surface area contributed by atoms with Gasteiger partial charge in [-0.1, -0.05) is 6.92 Å². The second-order valence-corrected chi connectivity index (χ2v) is 6.18. The first-order valence-corrected chi connectivity index (χ1v) is 7.72. The van der Waals surface area contributed by atoms with E-state index in [1.807, 2.05) is 18.4 Å². The number of ether oxygens (including phenoxy) is 1. The molecule has 0 amide bonds. The van der Waals surface area contributed by atoms with Crippen LogP contribution in [0.4, 0.5) is 17.6 Å². The fourth-order valence-electron chi connectivity index (χ4n) is 1.58. The maximum atomic E-state index is 12.7. The summed E-state index contributed by atoms with van der Waals surface area (Å²) in [5, 5.41) is 5.01. The molecule has 0 aliphatic carbocycles. The number of hydrogen-bond donors (Lipinski definition) is 1. The van der Waals surface area contributed by atoms with Crippen molar-refractivity contribution in [3.8, 4) is 0 Å². The van der Waals surface area contributed by atoms with Crippen LogP contribution in [0.1, 0.15) is 11.8 Å². The highest BCUT2D eigenvalue weighted by atomic mass is 79.9. The van der Waals surface area contributed by atoms with E-state index in [9.17, 15) is 17.6 Å². The number of alkyl halides is 4. The number of thiophene rings is 1. The quantitative estimate of drug-likeness (QED) is 0.658. The minimum absolute atomic E-state index is 0.0360. The SMILES string of the molecule is CCNC(COCC(F)(F)C(F)F)Cc1cc(Br)cs1. The molecule has 1 rings (SSSR count). The van der Waals surface area contributed by atoms with Gasteiger partial charge < -0.3 is 10.1 Å². The normalized spacial score (nSPS) is 13.9. The Kier molecular flexibility index (Phi) is 7.42. The van der Waals surface area contributed by atoms with Crippen LogP contribution in [-0.2, 0) is 11.2 Å². The van der Waals surface area contributed by atoms with E-state index in [0.717, 1.165) is 9.35 Å². The fourth-order valence-corrected chi connectivity index (χ4v) is 3.12. The van der Waals surface area contributed by atoms with E-state index in [0.29, 0.717) is 13.0 Å². The summed E-state index contributed by atoms with van der Waals surface area (Å²) in [6.07, 6.45) is -3.10. The van der Waals surface area contributed by atoms with E-state index in [-0.39, 0.29) is 12.6 Å². The van der Waals surface area contributed by atoms with Gasteiger partial charge in [-0.25, -0.2) is 8.78 Å². The van der Waals surface area contributed by atoms with Gasteiger partial charge in [0.1, 0.15) is 6.61 Å². The molecule has 0 aromatic carbocycles. The van der Waals surface area contributed by atoms with Crippen molar-refractivity contribution in [2.45, 2.75) is 31.7 Å². The third-order valence-corrected chi connectivity index (χ3v) is 4.21. The fraction of sp³-hybridized carbons (Fsp3) is 0.667. The van der Waals surface area contributed by atoms with Crippen LogP contribution in [0.15, 0.2) is 15.9 Å². The van der Waals surface area contributed by atoms with Crippen LogP contribution in [0.25, 0.3) is 0 Å². The molecule has 1 aromatic heterocycles. The molecule has 0 saturated heterocycles. The standard InChI is InChI=1S/C12H16BrF4NOS/c1-2-18-9(4-10-3-8(13)6-20-10)5-19-7-12(16,17)11(14)15/h3,6,9,11,18H,2,4-5,7H2,1H3. The lowest BCUT2D eigenvalue weighted by Gasteiger charge is -2.20. The average molecular weight is 378 g/mol. The summed E-state index contributed by atoms with van der Waals surface area (Å²) in [7, 11) is 0. The molecule has 0 bridgehead atoms. The van der Waals surface area contributed by atoms with Gasteiger partial charge >= 0.3 is 12.3 Å². The molecule has 1 N–H and O–H groups in total. The van der Waals surface area contributed by atoms with Gasteiger partial charge in [-0.15, -0.1) is 11.3 Å². The zero-order valence-corrected chi connectivity index (χ0v) is 13.2. The summed E-state index contributed by atoms with van der Waals surface area (Å²) < 4.78 is 55.1. The summed E-state index contributed by atoms with van der Waals surface area (Å²) in [4.78, 5) is 1.06. The second-order valence-electron chi connectivity index (χ2n) is 4.27. The summed E-state index contributed by atoms with van der Waals surface area (Å²) in [6.45, 7) is 1.23. The molecule has 0 spiro atoms. The number of likely N-dealkylation sites (N-methyl/N-ethyl adjacent to an activating group) is 1. The summed E-state index contributed by atoms with van der Waals surface area (Å²) in [5.41, 5.74) is 0. The molecule has 1 atom stereocenters. The Labute approximate surface area is 127 Å². The van der Waals surface area contributed by atoms with Crippen LogP contribution < -0.4 is 5.32 Å². The Morgan fingerprint density at radius 2 is 2.15 bits per heavy atom. The topological polar surface area (TPSA) is 21.3 Å². The van der Waals surface area contributed by atoms with Crippen molar-refractivity contribution in [2.75, 3.05) is 19.8 Å². The molecule has 1 unspecified atom stereocenters. The zero-order chi connectivity index (χ0) is 15.2. The van der Waals surface area contributed by atoms with Gasteiger partial charge in [0, 0.05) is 20.8 Å². The summed E-state index contributed by atoms with van der Waals surface area (Å²) in [6, 6.07) is 1.75. The highest BCUT2D eigenvalue weighted by Crippen LogP contribution is 2.23. The lowest BCUT2D eigenvalue weighted by atomic mass is 10.2. The molecule has 2 nitrogen and oxygen atoms in total. The van der Waals surface area contributed by atoms with E-state index in [2.05, 4.69) is 21.2 Å². The molecule has 1 heterocycles. The number of nitrogens with one attached hydrogen (secondary N) is 1. The average Bonchev–Trinajstić information content (AvgIpc) is 2.74. The molecule has 0 radical (unpaired) electrons. The summed E-state index contributed by atoms with van der Waals surface area (Å²) >= 11 is 4.87. The van der Waals surface area contributed by atoms with Gasteiger partial charge in [-0.2, -0.15) is 8.78 Å². The van der Waals surface area contributed by atoms with Crippen molar-refractivity contribution in [1.29, 1.82) is 0 Å². The predicted molar refractivity (Wildman–Crippen MR) is 75.0 cm³/mol. The second kappa shape index (κ2) is 8.31. The van der Waals surface area contributed by atoms with Gasteiger partial charge in [0.15, 0.2) is 0 Å². The molecular weight excluding hydrogens is 362 g/mol. The van der Waals surface area contributed by atoms with Crippen molar-refractivity contribution in [2.24, 2.45) is 0 Å². The molecule has 0 aliphatic heterocycles. The first-order valence-electron chi connectivity index (χ1n) is 6.05. The lowest BCUT2D eigenvalue weighted by Crippen LogP contribution is -2.38. The van der Waals surface area contributed by atoms with Crippen molar-refractivity contribution in [1.82, 2.24) is 5.32 Å². The molecular formula is C12H16BrF4NOS. The van der Waals surface area contributed by atoms with Crippen molar-refractivity contribution < 1.29 is 22.3 Å². The minimum atomic E-state index is -4.09. The Bertz CT molecular complexity index is 403. The Hall–Kier alpha value is -0.180. The number of halogens is 5. The Balaban J connectivity index is 2.43. The molecule has 0 aliphatic rings. The van der Waals surface area contributed by atoms with Gasteiger partial charge in [0.2, 0.25) is 0 Å². The number of hydrogen-bond acceptors (Lipinski definition) is 3. The maximum absolute atomic E-state index is 12.7. The van der Waals surface area contributed by atoms with Crippen molar-refractivity contribution in [3.05, 3.63) is 20.8 Å². The third-order valence-electron chi connectivity index (χ3n) is 2.49. The molecule has 8 heteroatoms. The van der Waals surface area contributed by atoms with Crippen molar-refractivity contribution in [3.63, 3.8) is 0 Å². The van der Waals surface area contributed by atoms with E-state index in [4.69, 9.17) is 4.74 Å². The van der Waals surface area contributed by atoms with E-state index in [1.54, 1.807) is 0 Å². The Morgan fingerprint density at radius 1 is 1.45 bits per heavy atom. The third kappa shape index (κ3) is 6.07. The maximum Gasteiger partial charge on any atom is 0.330 e. The minimum Gasteiger partial charge on any atom is -0.373 e. The van der Waals surface area contributed by atoms with Crippen molar-refractivity contribution >= 4 is 27.3 Å². The van der Waals surface area contributed by atoms with Crippen LogP contribution in [0.2, 0.25) is 0 Å². The molecule has 20 heavy (non-hydrogen) atoms. The first kappa shape index (κ1) is 17.9. The van der Waals surface area contributed by atoms with Gasteiger partial charge in [-0.05, 0) is 35.0 Å². The van der Waals surface area contributed by atoms with Gasteiger partial charge in [-0.3, -0.25) is 0 Å². The smallest absolute Gasteiger partial charge is 0.330 e. The van der Waals surface area contributed by atoms with E-state index in [1.165, 1.54) is 11.3 Å². The van der Waals surface area contributed by atoms with Crippen LogP contribution in [0.5, 0.6) is 0 Å².